The van der Waals surface area contributed by atoms with Gasteiger partial charge in [0.1, 0.15) is 5.82 Å². The minimum absolute atomic E-state index is 0.309. The summed E-state index contributed by atoms with van der Waals surface area (Å²) in [5.74, 6) is 1.90. The fraction of sp³-hybridized carbons (Fsp3) is 0.480. The number of aryl methyl sites for hydroxylation is 1. The summed E-state index contributed by atoms with van der Waals surface area (Å²) in [6.07, 6.45) is 8.57. The Hall–Kier alpha value is -1.95. The Morgan fingerprint density at radius 1 is 1.20 bits per heavy atom. The number of aliphatic hydroxyl groups is 1. The molecule has 3 aliphatic carbocycles. The number of hydrogen-bond acceptors (Lipinski definition) is 4. The van der Waals surface area contributed by atoms with Crippen molar-refractivity contribution < 1.29 is 5.11 Å². The van der Waals surface area contributed by atoms with Crippen molar-refractivity contribution in [3.05, 3.63) is 58.6 Å². The van der Waals surface area contributed by atoms with E-state index in [1.54, 1.807) is 0 Å². The lowest BCUT2D eigenvalue weighted by Crippen LogP contribution is -2.47. The molecule has 5 heteroatoms. The van der Waals surface area contributed by atoms with Gasteiger partial charge in [0.15, 0.2) is 0 Å². The second-order valence-corrected chi connectivity index (χ2v) is 10.1. The maximum Gasteiger partial charge on any atom is 0.107 e. The van der Waals surface area contributed by atoms with Crippen LogP contribution in [0.5, 0.6) is 0 Å². The monoisotopic (exact) mass is 421 g/mol. The molecular weight excluding hydrogens is 390 g/mol. The molecule has 0 aliphatic heterocycles. The van der Waals surface area contributed by atoms with E-state index in [0.29, 0.717) is 11.8 Å². The summed E-state index contributed by atoms with van der Waals surface area (Å²) in [7, 11) is 2.18. The lowest BCUT2D eigenvalue weighted by molar-refractivity contribution is -0.0574. The first-order chi connectivity index (χ1) is 14.6. The highest BCUT2D eigenvalue weighted by atomic mass is 32.1. The molecule has 3 atom stereocenters. The van der Waals surface area contributed by atoms with Crippen LogP contribution in [0, 0.1) is 11.8 Å². The van der Waals surface area contributed by atoms with Crippen LogP contribution in [0.1, 0.15) is 42.8 Å². The molecule has 2 aromatic heterocycles. The fourth-order valence-corrected chi connectivity index (χ4v) is 6.17. The SMILES string of the molecule is CN(CCCc1nc2ccccc2[nH]1)CC[C@@]1(O)C[C@@H]2CC[C@@H]1C=C2c1cccs1. The van der Waals surface area contributed by atoms with Gasteiger partial charge in [-0.15, -0.1) is 11.3 Å². The van der Waals surface area contributed by atoms with Crippen LogP contribution in [0.25, 0.3) is 16.6 Å². The van der Waals surface area contributed by atoms with Crippen LogP contribution in [0.2, 0.25) is 0 Å². The van der Waals surface area contributed by atoms with Gasteiger partial charge in [-0.25, -0.2) is 4.98 Å². The number of hydrogen-bond donors (Lipinski definition) is 2. The molecule has 2 bridgehead atoms. The normalized spacial score (nSPS) is 25.9. The number of imidazole rings is 1. The molecule has 1 aromatic carbocycles. The van der Waals surface area contributed by atoms with Crippen LogP contribution in [-0.4, -0.2) is 45.7 Å². The minimum Gasteiger partial charge on any atom is -0.389 e. The molecule has 0 spiro atoms. The first-order valence-electron chi connectivity index (χ1n) is 11.2. The molecule has 1 fully saturated rings. The van der Waals surface area contributed by atoms with Crippen molar-refractivity contribution in [3.63, 3.8) is 0 Å². The molecule has 2 heterocycles. The van der Waals surface area contributed by atoms with Gasteiger partial charge in [0.25, 0.3) is 0 Å². The molecule has 6 rings (SSSR count). The zero-order chi connectivity index (χ0) is 20.6. The van der Waals surface area contributed by atoms with Crippen LogP contribution in [0.15, 0.2) is 47.9 Å². The van der Waals surface area contributed by atoms with Crippen molar-refractivity contribution in [2.75, 3.05) is 20.1 Å². The number of fused-ring (bicyclic) bond motifs is 3. The summed E-state index contributed by atoms with van der Waals surface area (Å²) in [6.45, 7) is 1.97. The van der Waals surface area contributed by atoms with Crippen molar-refractivity contribution in [3.8, 4) is 0 Å². The number of aromatic amines is 1. The molecule has 1 saturated carbocycles. The number of para-hydroxylation sites is 2. The second kappa shape index (κ2) is 8.29. The minimum atomic E-state index is -0.531. The summed E-state index contributed by atoms with van der Waals surface area (Å²) < 4.78 is 0. The standard InChI is InChI=1S/C25H31N3OS/c1-28(13-4-9-24-26-21-6-2-3-7-22(21)27-24)14-12-25(29)17-18-10-11-19(25)16-20(18)23-8-5-15-30-23/h2-3,5-8,15-16,18-19,29H,4,9-14,17H2,1H3,(H,26,27)/t18-,19+,25+/m0/s1. The smallest absolute Gasteiger partial charge is 0.107 e. The summed E-state index contributed by atoms with van der Waals surface area (Å²) in [6, 6.07) is 12.6. The number of thiophene rings is 1. The van der Waals surface area contributed by atoms with Crippen molar-refractivity contribution in [1.82, 2.24) is 14.9 Å². The lowest BCUT2D eigenvalue weighted by Gasteiger charge is -2.48. The number of aromatic nitrogens is 2. The van der Waals surface area contributed by atoms with Crippen LogP contribution >= 0.6 is 11.3 Å². The quantitative estimate of drug-likeness (QED) is 0.530. The van der Waals surface area contributed by atoms with Gasteiger partial charge >= 0.3 is 0 Å². The average Bonchev–Trinajstić information content (AvgIpc) is 3.42. The van der Waals surface area contributed by atoms with E-state index in [2.05, 4.69) is 57.6 Å². The molecule has 0 amide bonds. The van der Waals surface area contributed by atoms with Gasteiger partial charge in [0, 0.05) is 23.8 Å². The summed E-state index contributed by atoms with van der Waals surface area (Å²) in [4.78, 5) is 11.9. The maximum absolute atomic E-state index is 11.4. The van der Waals surface area contributed by atoms with E-state index >= 15 is 0 Å². The average molecular weight is 422 g/mol. The number of nitrogens with zero attached hydrogens (tertiary/aromatic N) is 2. The Kier molecular flexibility index (Phi) is 5.52. The first-order valence-corrected chi connectivity index (χ1v) is 12.1. The molecule has 158 valence electrons. The van der Waals surface area contributed by atoms with Crippen molar-refractivity contribution in [2.24, 2.45) is 11.8 Å². The van der Waals surface area contributed by atoms with E-state index in [4.69, 9.17) is 0 Å². The van der Waals surface area contributed by atoms with Gasteiger partial charge < -0.3 is 15.0 Å². The van der Waals surface area contributed by atoms with Gasteiger partial charge in [-0.1, -0.05) is 24.3 Å². The Morgan fingerprint density at radius 2 is 2.10 bits per heavy atom. The molecule has 3 aliphatic rings. The predicted octanol–water partition coefficient (Wildman–Crippen LogP) is 5.12. The molecular formula is C25H31N3OS. The zero-order valence-electron chi connectivity index (χ0n) is 17.7. The molecule has 0 unspecified atom stereocenters. The Balaban J connectivity index is 1.12. The fourth-order valence-electron chi connectivity index (χ4n) is 5.34. The Bertz CT molecular complexity index is 991. The Labute approximate surface area is 182 Å². The van der Waals surface area contributed by atoms with E-state index < -0.39 is 5.60 Å². The van der Waals surface area contributed by atoms with Gasteiger partial charge in [-0.2, -0.15) is 0 Å². The lowest BCUT2D eigenvalue weighted by atomic mass is 9.62. The van der Waals surface area contributed by atoms with Crippen LogP contribution < -0.4 is 0 Å². The zero-order valence-corrected chi connectivity index (χ0v) is 18.5. The van der Waals surface area contributed by atoms with Crippen molar-refractivity contribution in [2.45, 2.75) is 44.1 Å². The van der Waals surface area contributed by atoms with E-state index in [1.165, 1.54) is 16.9 Å². The number of rotatable bonds is 8. The first kappa shape index (κ1) is 20.0. The summed E-state index contributed by atoms with van der Waals surface area (Å²) in [5.41, 5.74) is 3.12. The molecule has 0 radical (unpaired) electrons. The molecule has 30 heavy (non-hydrogen) atoms. The van der Waals surface area contributed by atoms with Gasteiger partial charge in [-0.3, -0.25) is 0 Å². The van der Waals surface area contributed by atoms with Crippen molar-refractivity contribution >= 4 is 27.9 Å². The molecule has 2 N–H and O–H groups in total. The third-order valence-corrected chi connectivity index (χ3v) is 7.98. The topological polar surface area (TPSA) is 52.2 Å². The highest BCUT2D eigenvalue weighted by molar-refractivity contribution is 7.11. The van der Waals surface area contributed by atoms with E-state index in [0.717, 1.165) is 62.1 Å². The van der Waals surface area contributed by atoms with Crippen LogP contribution in [0.3, 0.4) is 0 Å². The third-order valence-electron chi connectivity index (χ3n) is 7.06. The largest absolute Gasteiger partial charge is 0.389 e. The highest BCUT2D eigenvalue weighted by Gasteiger charge is 2.46. The van der Waals surface area contributed by atoms with E-state index in [9.17, 15) is 5.11 Å². The van der Waals surface area contributed by atoms with Crippen molar-refractivity contribution in [1.29, 1.82) is 0 Å². The Morgan fingerprint density at radius 3 is 2.87 bits per heavy atom. The van der Waals surface area contributed by atoms with Crippen LogP contribution in [0.4, 0.5) is 0 Å². The molecule has 4 nitrogen and oxygen atoms in total. The molecule has 3 aromatic rings. The maximum atomic E-state index is 11.4. The third kappa shape index (κ3) is 3.98. The molecule has 0 saturated heterocycles. The number of benzene rings is 1. The number of allylic oxidation sites excluding steroid dienone is 1. The highest BCUT2D eigenvalue weighted by Crippen LogP contribution is 2.51. The number of nitrogens with one attached hydrogen (secondary N) is 1. The van der Waals surface area contributed by atoms with Gasteiger partial charge in [-0.05, 0) is 80.8 Å². The van der Waals surface area contributed by atoms with Gasteiger partial charge in [0.05, 0.1) is 16.6 Å². The van der Waals surface area contributed by atoms with Gasteiger partial charge in [0.2, 0.25) is 0 Å². The number of H-pyrrole nitrogens is 1. The van der Waals surface area contributed by atoms with Crippen LogP contribution in [-0.2, 0) is 6.42 Å². The van der Waals surface area contributed by atoms with E-state index in [1.807, 2.05) is 23.5 Å². The summed E-state index contributed by atoms with van der Waals surface area (Å²) >= 11 is 1.83. The second-order valence-electron chi connectivity index (χ2n) is 9.15. The predicted molar refractivity (Wildman–Crippen MR) is 125 cm³/mol. The summed E-state index contributed by atoms with van der Waals surface area (Å²) in [5, 5.41) is 13.6. The van der Waals surface area contributed by atoms with E-state index in [-0.39, 0.29) is 0 Å².